The first-order valence-electron chi connectivity index (χ1n) is 10.1. The highest BCUT2D eigenvalue weighted by Gasteiger charge is 2.54. The maximum atomic E-state index is 12.7. The lowest BCUT2D eigenvalue weighted by atomic mass is 10.0. The molecule has 2 amide bonds. The summed E-state index contributed by atoms with van der Waals surface area (Å²) in [6.45, 7) is 1.11. The van der Waals surface area contributed by atoms with Gasteiger partial charge in [0.15, 0.2) is 5.76 Å². The Morgan fingerprint density at radius 1 is 1.21 bits per heavy atom. The number of hydrogen-bond donors (Lipinski definition) is 2. The van der Waals surface area contributed by atoms with E-state index in [0.29, 0.717) is 17.1 Å². The molecule has 2 atom stereocenters. The summed E-state index contributed by atoms with van der Waals surface area (Å²) in [6, 6.07) is 9.41. The van der Waals surface area contributed by atoms with Crippen LogP contribution in [0.1, 0.15) is 23.2 Å². The standard InChI is InChI=1S/C22H19BrN2O8S/c1-11(26)31-8-12-10-34-21-17(20(28)25(21)18(12)22(29)30)24-19(27)16-7-6-15(33-16)9-32-14-4-2-13(23)3-5-14/h2-7,17,21H,8-10H2,1H3,(H,24,27)(H,29,30). The number of nitrogens with one attached hydrogen (secondary N) is 1. The van der Waals surface area contributed by atoms with E-state index in [1.807, 2.05) is 12.1 Å². The summed E-state index contributed by atoms with van der Waals surface area (Å²) in [7, 11) is 0. The molecule has 2 aromatic rings. The quantitative estimate of drug-likeness (QED) is 0.375. The summed E-state index contributed by atoms with van der Waals surface area (Å²) in [5, 5.41) is 11.6. The number of esters is 1. The molecule has 2 aliphatic heterocycles. The molecular weight excluding hydrogens is 532 g/mol. The van der Waals surface area contributed by atoms with Crippen molar-refractivity contribution in [3.8, 4) is 5.75 Å². The van der Waals surface area contributed by atoms with Crippen LogP contribution in [0.5, 0.6) is 5.75 Å². The fourth-order valence-electron chi connectivity index (χ4n) is 3.46. The van der Waals surface area contributed by atoms with Crippen LogP contribution < -0.4 is 10.1 Å². The zero-order chi connectivity index (χ0) is 24.4. The molecule has 178 valence electrons. The highest BCUT2D eigenvalue weighted by molar-refractivity contribution is 9.10. The van der Waals surface area contributed by atoms with Crippen molar-refractivity contribution in [1.82, 2.24) is 10.2 Å². The Kier molecular flexibility index (Phi) is 6.98. The molecule has 0 bridgehead atoms. The lowest BCUT2D eigenvalue weighted by Crippen LogP contribution is -2.70. The first-order chi connectivity index (χ1) is 16.2. The number of carbonyl (C=O) groups excluding carboxylic acids is 3. The maximum Gasteiger partial charge on any atom is 0.352 e. The Labute approximate surface area is 206 Å². The predicted molar refractivity (Wildman–Crippen MR) is 123 cm³/mol. The van der Waals surface area contributed by atoms with Crippen molar-refractivity contribution in [2.75, 3.05) is 12.4 Å². The van der Waals surface area contributed by atoms with Gasteiger partial charge in [-0.1, -0.05) is 15.9 Å². The third-order valence-electron chi connectivity index (χ3n) is 5.07. The van der Waals surface area contributed by atoms with E-state index in [9.17, 15) is 24.3 Å². The minimum Gasteiger partial charge on any atom is -0.486 e. The molecule has 1 fully saturated rings. The number of carboxylic acids is 1. The first kappa shape index (κ1) is 23.9. The summed E-state index contributed by atoms with van der Waals surface area (Å²) >= 11 is 4.62. The Morgan fingerprint density at radius 3 is 2.62 bits per heavy atom. The van der Waals surface area contributed by atoms with Crippen LogP contribution in [0.2, 0.25) is 0 Å². The number of rotatable bonds is 8. The number of nitrogens with zero attached hydrogens (tertiary/aromatic N) is 1. The Bertz CT molecular complexity index is 1180. The number of hydrogen-bond acceptors (Lipinski definition) is 8. The highest BCUT2D eigenvalue weighted by atomic mass is 79.9. The molecule has 1 aromatic carbocycles. The van der Waals surface area contributed by atoms with Crippen molar-refractivity contribution in [1.29, 1.82) is 0 Å². The molecule has 1 aromatic heterocycles. The van der Waals surface area contributed by atoms with Gasteiger partial charge in [0.05, 0.1) is 0 Å². The van der Waals surface area contributed by atoms with Crippen molar-refractivity contribution >= 4 is 51.4 Å². The lowest BCUT2D eigenvalue weighted by molar-refractivity contribution is -0.149. The second kappa shape index (κ2) is 9.94. The van der Waals surface area contributed by atoms with Gasteiger partial charge in [0, 0.05) is 22.7 Å². The summed E-state index contributed by atoms with van der Waals surface area (Å²) in [4.78, 5) is 49.3. The number of furan rings is 1. The summed E-state index contributed by atoms with van der Waals surface area (Å²) in [5.41, 5.74) is 0.106. The molecule has 2 N–H and O–H groups in total. The zero-order valence-corrected chi connectivity index (χ0v) is 20.2. The van der Waals surface area contributed by atoms with E-state index in [1.54, 1.807) is 18.2 Å². The molecule has 4 rings (SSSR count). The van der Waals surface area contributed by atoms with Crippen LogP contribution >= 0.6 is 27.7 Å². The molecular formula is C22H19BrN2O8S. The molecule has 0 radical (unpaired) electrons. The van der Waals surface area contributed by atoms with E-state index in [-0.39, 0.29) is 30.4 Å². The van der Waals surface area contributed by atoms with Gasteiger partial charge in [-0.15, -0.1) is 11.8 Å². The van der Waals surface area contributed by atoms with Crippen LogP contribution in [-0.4, -0.2) is 57.5 Å². The van der Waals surface area contributed by atoms with Gasteiger partial charge in [-0.05, 0) is 36.4 Å². The van der Waals surface area contributed by atoms with E-state index in [0.717, 1.165) is 9.37 Å². The minimum atomic E-state index is -1.30. The van der Waals surface area contributed by atoms with E-state index < -0.39 is 35.2 Å². The number of aliphatic carboxylic acids is 1. The number of carboxylic acid groups (broad SMARTS) is 1. The summed E-state index contributed by atoms with van der Waals surface area (Å²) in [5.74, 6) is -1.70. The van der Waals surface area contributed by atoms with E-state index in [2.05, 4.69) is 21.2 Å². The molecule has 2 aliphatic rings. The number of benzene rings is 1. The topological polar surface area (TPSA) is 135 Å². The number of halogens is 1. The van der Waals surface area contributed by atoms with Gasteiger partial charge in [0.1, 0.15) is 41.8 Å². The van der Waals surface area contributed by atoms with Crippen LogP contribution in [-0.2, 0) is 25.7 Å². The van der Waals surface area contributed by atoms with Crippen molar-refractivity contribution in [3.63, 3.8) is 0 Å². The van der Waals surface area contributed by atoms with Crippen molar-refractivity contribution < 1.29 is 38.2 Å². The van der Waals surface area contributed by atoms with Gasteiger partial charge in [0.2, 0.25) is 0 Å². The second-order valence-corrected chi connectivity index (χ2v) is 9.43. The third kappa shape index (κ3) is 4.97. The van der Waals surface area contributed by atoms with E-state index in [1.165, 1.54) is 24.8 Å². The van der Waals surface area contributed by atoms with Crippen molar-refractivity contribution in [2.24, 2.45) is 0 Å². The van der Waals surface area contributed by atoms with Gasteiger partial charge < -0.3 is 24.3 Å². The van der Waals surface area contributed by atoms with E-state index >= 15 is 0 Å². The van der Waals surface area contributed by atoms with Crippen LogP contribution in [0.3, 0.4) is 0 Å². The third-order valence-corrected chi connectivity index (χ3v) is 6.93. The monoisotopic (exact) mass is 550 g/mol. The number of fused-ring (bicyclic) bond motifs is 1. The molecule has 34 heavy (non-hydrogen) atoms. The van der Waals surface area contributed by atoms with Crippen LogP contribution in [0.25, 0.3) is 0 Å². The predicted octanol–water partition coefficient (Wildman–Crippen LogP) is 2.54. The SMILES string of the molecule is CC(=O)OCC1=C(C(=O)O)N2C(=O)C(NC(=O)c3ccc(COc4ccc(Br)cc4)o3)C2SC1. The maximum absolute atomic E-state index is 12.7. The van der Waals surface area contributed by atoms with E-state index in [4.69, 9.17) is 13.9 Å². The smallest absolute Gasteiger partial charge is 0.352 e. The molecule has 0 aliphatic carbocycles. The Balaban J connectivity index is 1.37. The number of amides is 2. The summed E-state index contributed by atoms with van der Waals surface area (Å²) in [6.07, 6.45) is 0. The first-order valence-corrected chi connectivity index (χ1v) is 11.9. The average molecular weight is 551 g/mol. The molecule has 12 heteroatoms. The van der Waals surface area contributed by atoms with Gasteiger partial charge in [0.25, 0.3) is 11.8 Å². The zero-order valence-electron chi connectivity index (χ0n) is 17.8. The minimum absolute atomic E-state index is 0.00557. The van der Waals surface area contributed by atoms with Crippen LogP contribution in [0.4, 0.5) is 0 Å². The van der Waals surface area contributed by atoms with Crippen molar-refractivity contribution in [2.45, 2.75) is 24.9 Å². The van der Waals surface area contributed by atoms with Gasteiger partial charge in [-0.25, -0.2) is 4.79 Å². The van der Waals surface area contributed by atoms with Crippen molar-refractivity contribution in [3.05, 3.63) is 63.7 Å². The molecule has 0 saturated carbocycles. The molecule has 0 spiro atoms. The normalized spacial score (nSPS) is 19.2. The molecule has 2 unspecified atom stereocenters. The van der Waals surface area contributed by atoms with Gasteiger partial charge in [-0.2, -0.15) is 0 Å². The van der Waals surface area contributed by atoms with Crippen LogP contribution in [0, 0.1) is 0 Å². The summed E-state index contributed by atoms with van der Waals surface area (Å²) < 4.78 is 17.0. The average Bonchev–Trinajstić information content (AvgIpc) is 3.29. The fraction of sp³-hybridized carbons (Fsp3) is 0.273. The Morgan fingerprint density at radius 2 is 1.94 bits per heavy atom. The largest absolute Gasteiger partial charge is 0.486 e. The number of ether oxygens (including phenoxy) is 2. The molecule has 10 nitrogen and oxygen atoms in total. The van der Waals surface area contributed by atoms with Gasteiger partial charge in [-0.3, -0.25) is 19.3 Å². The number of carbonyl (C=O) groups is 4. The van der Waals surface area contributed by atoms with Crippen LogP contribution in [0.15, 0.2) is 56.6 Å². The highest BCUT2D eigenvalue weighted by Crippen LogP contribution is 2.40. The molecule has 3 heterocycles. The molecule has 1 saturated heterocycles. The Hall–Kier alpha value is -3.25. The number of thioether (sulfide) groups is 1. The van der Waals surface area contributed by atoms with Gasteiger partial charge >= 0.3 is 11.9 Å². The number of β-lactam (4-membered cyclic amide) rings is 1. The fourth-order valence-corrected chi connectivity index (χ4v) is 5.05. The lowest BCUT2D eigenvalue weighted by Gasteiger charge is -2.49. The second-order valence-electron chi connectivity index (χ2n) is 7.41.